The smallest absolute Gasteiger partial charge is 0.0947 e. The van der Waals surface area contributed by atoms with Gasteiger partial charge in [0, 0.05) is 0 Å². The molecule has 1 unspecified atom stereocenters. The molecule has 0 radical (unpaired) electrons. The summed E-state index contributed by atoms with van der Waals surface area (Å²) >= 11 is 0. The fourth-order valence-corrected chi connectivity index (χ4v) is 0.382. The third-order valence-corrected chi connectivity index (χ3v) is 1.22. The first-order chi connectivity index (χ1) is 4.31. The van der Waals surface area contributed by atoms with Gasteiger partial charge in [0.2, 0.25) is 0 Å². The Morgan fingerprint density at radius 2 is 2.11 bits per heavy atom. The van der Waals surface area contributed by atoms with Crippen LogP contribution in [0.15, 0.2) is 12.3 Å². The van der Waals surface area contributed by atoms with E-state index in [1.807, 2.05) is 6.08 Å². The summed E-state index contributed by atoms with van der Waals surface area (Å²) in [5, 5.41) is 0. The minimum atomic E-state index is 0.368. The molecule has 1 heteroatoms. The predicted molar refractivity (Wildman–Crippen MR) is 40.3 cm³/mol. The lowest BCUT2D eigenvalue weighted by molar-refractivity contribution is 0.157. The molecule has 0 aliphatic carbocycles. The number of rotatable bonds is 4. The second-order valence-corrected chi connectivity index (χ2v) is 2.13. The predicted octanol–water partition coefficient (Wildman–Crippen LogP) is 2.73. The second kappa shape index (κ2) is 5.67. The van der Waals surface area contributed by atoms with Crippen molar-refractivity contribution in [2.45, 2.75) is 39.7 Å². The highest BCUT2D eigenvalue weighted by Crippen LogP contribution is 1.95. The Balaban J connectivity index is 3.15. The van der Waals surface area contributed by atoms with E-state index in [1.165, 1.54) is 0 Å². The Morgan fingerprint density at radius 3 is 2.56 bits per heavy atom. The van der Waals surface area contributed by atoms with E-state index < -0.39 is 0 Å². The monoisotopic (exact) mass is 128 g/mol. The second-order valence-electron chi connectivity index (χ2n) is 2.13. The van der Waals surface area contributed by atoms with E-state index in [2.05, 4.69) is 20.8 Å². The fourth-order valence-electron chi connectivity index (χ4n) is 0.382. The van der Waals surface area contributed by atoms with E-state index in [-0.39, 0.29) is 0 Å². The molecule has 0 aliphatic rings. The lowest BCUT2D eigenvalue weighted by Gasteiger charge is -2.06. The van der Waals surface area contributed by atoms with Crippen LogP contribution in [0.2, 0.25) is 0 Å². The molecule has 0 amide bonds. The van der Waals surface area contributed by atoms with E-state index in [1.54, 1.807) is 6.26 Å². The number of hydrogen-bond acceptors (Lipinski definition) is 1. The number of allylic oxidation sites excluding steroid dienone is 1. The minimum absolute atomic E-state index is 0.368. The third kappa shape index (κ3) is 5.41. The van der Waals surface area contributed by atoms with Crippen molar-refractivity contribution in [1.82, 2.24) is 0 Å². The van der Waals surface area contributed by atoms with Crippen LogP contribution in [0.4, 0.5) is 0 Å². The van der Waals surface area contributed by atoms with Crippen molar-refractivity contribution in [3.05, 3.63) is 12.3 Å². The highest BCUT2D eigenvalue weighted by molar-refractivity contribution is 4.71. The largest absolute Gasteiger partial charge is 0.499 e. The topological polar surface area (TPSA) is 9.23 Å². The zero-order valence-corrected chi connectivity index (χ0v) is 6.55. The van der Waals surface area contributed by atoms with Crippen molar-refractivity contribution in [3.63, 3.8) is 0 Å². The maximum Gasteiger partial charge on any atom is 0.0947 e. The average Bonchev–Trinajstić information content (AvgIpc) is 1.89. The van der Waals surface area contributed by atoms with Crippen LogP contribution in [0.1, 0.15) is 33.6 Å². The molecule has 1 nitrogen and oxygen atoms in total. The van der Waals surface area contributed by atoms with Crippen LogP contribution in [-0.4, -0.2) is 6.10 Å². The van der Waals surface area contributed by atoms with Crippen molar-refractivity contribution < 1.29 is 4.74 Å². The molecular formula is C8H16O. The third-order valence-electron chi connectivity index (χ3n) is 1.22. The quantitative estimate of drug-likeness (QED) is 0.529. The van der Waals surface area contributed by atoms with Gasteiger partial charge in [-0.15, -0.1) is 0 Å². The van der Waals surface area contributed by atoms with Crippen LogP contribution in [0.5, 0.6) is 0 Å². The molecule has 0 bridgehead atoms. The van der Waals surface area contributed by atoms with Gasteiger partial charge in [0.25, 0.3) is 0 Å². The summed E-state index contributed by atoms with van der Waals surface area (Å²) in [7, 11) is 0. The summed E-state index contributed by atoms with van der Waals surface area (Å²) in [6.45, 7) is 6.28. The summed E-state index contributed by atoms with van der Waals surface area (Å²) < 4.78 is 5.25. The van der Waals surface area contributed by atoms with Gasteiger partial charge in [-0.2, -0.15) is 0 Å². The molecule has 0 saturated carbocycles. The van der Waals surface area contributed by atoms with E-state index in [9.17, 15) is 0 Å². The van der Waals surface area contributed by atoms with E-state index >= 15 is 0 Å². The molecule has 0 aromatic rings. The lowest BCUT2D eigenvalue weighted by Crippen LogP contribution is -1.99. The van der Waals surface area contributed by atoms with E-state index in [0.717, 1.165) is 12.8 Å². The standard InChI is InChI=1S/C8H16O/c1-4-6-7-9-8(3)5-2/h6-8H,4-5H2,1-3H3. The minimum Gasteiger partial charge on any atom is -0.499 e. The molecule has 9 heavy (non-hydrogen) atoms. The summed E-state index contributed by atoms with van der Waals surface area (Å²) in [5.41, 5.74) is 0. The highest BCUT2D eigenvalue weighted by Gasteiger charge is 1.91. The van der Waals surface area contributed by atoms with Crippen LogP contribution < -0.4 is 0 Å². The zero-order chi connectivity index (χ0) is 7.11. The molecule has 0 heterocycles. The molecule has 0 spiro atoms. The molecular weight excluding hydrogens is 112 g/mol. The molecule has 0 fully saturated rings. The van der Waals surface area contributed by atoms with Gasteiger partial charge in [0.1, 0.15) is 0 Å². The Morgan fingerprint density at radius 1 is 1.44 bits per heavy atom. The summed E-state index contributed by atoms with van der Waals surface area (Å²) in [6.07, 6.45) is 6.30. The molecule has 0 aromatic carbocycles. The van der Waals surface area contributed by atoms with Gasteiger partial charge in [-0.05, 0) is 19.8 Å². The van der Waals surface area contributed by atoms with Gasteiger partial charge in [0.15, 0.2) is 0 Å². The number of hydrogen-bond donors (Lipinski definition) is 0. The SMILES string of the molecule is CCC=COC(C)CC. The number of ether oxygens (including phenoxy) is 1. The van der Waals surface area contributed by atoms with Gasteiger partial charge in [-0.25, -0.2) is 0 Å². The first-order valence-corrected chi connectivity index (χ1v) is 3.61. The fraction of sp³-hybridized carbons (Fsp3) is 0.750. The molecule has 54 valence electrons. The van der Waals surface area contributed by atoms with Gasteiger partial charge < -0.3 is 4.74 Å². The molecule has 0 saturated heterocycles. The van der Waals surface area contributed by atoms with Crippen LogP contribution >= 0.6 is 0 Å². The summed E-state index contributed by atoms with van der Waals surface area (Å²) in [5.74, 6) is 0. The molecule has 0 rings (SSSR count). The van der Waals surface area contributed by atoms with Crippen molar-refractivity contribution in [2.24, 2.45) is 0 Å². The average molecular weight is 128 g/mol. The Hall–Kier alpha value is -0.460. The molecule has 0 N–H and O–H groups in total. The van der Waals surface area contributed by atoms with Crippen molar-refractivity contribution in [2.75, 3.05) is 0 Å². The van der Waals surface area contributed by atoms with Gasteiger partial charge in [0.05, 0.1) is 12.4 Å². The van der Waals surface area contributed by atoms with Gasteiger partial charge >= 0.3 is 0 Å². The Bertz CT molecular complexity index is 76.6. The zero-order valence-electron chi connectivity index (χ0n) is 6.55. The van der Waals surface area contributed by atoms with Gasteiger partial charge in [-0.1, -0.05) is 19.9 Å². The molecule has 0 aliphatic heterocycles. The summed E-state index contributed by atoms with van der Waals surface area (Å²) in [6, 6.07) is 0. The van der Waals surface area contributed by atoms with Crippen molar-refractivity contribution in [3.8, 4) is 0 Å². The normalized spacial score (nSPS) is 14.1. The van der Waals surface area contributed by atoms with E-state index in [0.29, 0.717) is 6.10 Å². The van der Waals surface area contributed by atoms with Crippen LogP contribution in [-0.2, 0) is 4.74 Å². The van der Waals surface area contributed by atoms with Crippen LogP contribution in [0, 0.1) is 0 Å². The van der Waals surface area contributed by atoms with Crippen LogP contribution in [0.3, 0.4) is 0 Å². The molecule has 1 atom stereocenters. The van der Waals surface area contributed by atoms with Gasteiger partial charge in [-0.3, -0.25) is 0 Å². The highest BCUT2D eigenvalue weighted by atomic mass is 16.5. The Kier molecular flexibility index (Phi) is 5.38. The Labute approximate surface area is 57.7 Å². The van der Waals surface area contributed by atoms with E-state index in [4.69, 9.17) is 4.74 Å². The molecule has 0 aromatic heterocycles. The summed E-state index contributed by atoms with van der Waals surface area (Å²) in [4.78, 5) is 0. The lowest BCUT2D eigenvalue weighted by atomic mass is 10.3. The first kappa shape index (κ1) is 8.54. The maximum absolute atomic E-state index is 5.25. The van der Waals surface area contributed by atoms with Crippen molar-refractivity contribution >= 4 is 0 Å². The first-order valence-electron chi connectivity index (χ1n) is 3.61. The van der Waals surface area contributed by atoms with Crippen LogP contribution in [0.25, 0.3) is 0 Å². The van der Waals surface area contributed by atoms with Crippen molar-refractivity contribution in [1.29, 1.82) is 0 Å². The maximum atomic E-state index is 5.25.